The van der Waals surface area contributed by atoms with Crippen molar-refractivity contribution in [3.8, 4) is 0 Å². The molecular formula is C16H22ClN3. The standard InChI is InChI=1S/C16H22ClN3/c1-13(2)11-20-16(18-12-19-20)9-15(10-17)8-14-6-4-3-5-7-14/h3-7,12-13,15H,8-11H2,1-2H3. The molecule has 2 rings (SSSR count). The Balaban J connectivity index is 2.01. The summed E-state index contributed by atoms with van der Waals surface area (Å²) in [5.41, 5.74) is 1.33. The highest BCUT2D eigenvalue weighted by atomic mass is 35.5. The van der Waals surface area contributed by atoms with Crippen molar-refractivity contribution in [1.82, 2.24) is 14.8 Å². The third-order valence-corrected chi connectivity index (χ3v) is 3.73. The van der Waals surface area contributed by atoms with E-state index in [-0.39, 0.29) is 0 Å². The number of aromatic nitrogens is 3. The van der Waals surface area contributed by atoms with Crippen molar-refractivity contribution in [2.75, 3.05) is 5.88 Å². The highest BCUT2D eigenvalue weighted by molar-refractivity contribution is 6.18. The molecule has 0 radical (unpaired) electrons. The molecule has 0 aliphatic heterocycles. The van der Waals surface area contributed by atoms with Crippen LogP contribution in [-0.4, -0.2) is 20.6 Å². The van der Waals surface area contributed by atoms with Crippen LogP contribution in [0.1, 0.15) is 25.2 Å². The van der Waals surface area contributed by atoms with Crippen LogP contribution >= 0.6 is 11.6 Å². The van der Waals surface area contributed by atoms with Gasteiger partial charge in [0.2, 0.25) is 0 Å². The van der Waals surface area contributed by atoms with E-state index < -0.39 is 0 Å². The molecule has 1 aromatic heterocycles. The Bertz CT molecular complexity index is 507. The van der Waals surface area contributed by atoms with Gasteiger partial charge in [-0.05, 0) is 23.8 Å². The van der Waals surface area contributed by atoms with Crippen molar-refractivity contribution in [3.63, 3.8) is 0 Å². The first-order valence-electron chi connectivity index (χ1n) is 7.15. The second kappa shape index (κ2) is 7.44. The van der Waals surface area contributed by atoms with Gasteiger partial charge >= 0.3 is 0 Å². The molecule has 1 heterocycles. The molecule has 0 aliphatic rings. The molecule has 20 heavy (non-hydrogen) atoms. The molecule has 1 unspecified atom stereocenters. The minimum absolute atomic E-state index is 0.397. The number of halogens is 1. The molecule has 0 aliphatic carbocycles. The smallest absolute Gasteiger partial charge is 0.138 e. The molecule has 0 fully saturated rings. The third kappa shape index (κ3) is 4.34. The van der Waals surface area contributed by atoms with E-state index in [1.54, 1.807) is 6.33 Å². The summed E-state index contributed by atoms with van der Waals surface area (Å²) in [5, 5.41) is 4.31. The van der Waals surface area contributed by atoms with Crippen molar-refractivity contribution in [2.45, 2.75) is 33.2 Å². The van der Waals surface area contributed by atoms with Gasteiger partial charge in [-0.25, -0.2) is 9.67 Å². The lowest BCUT2D eigenvalue weighted by Gasteiger charge is -2.15. The summed E-state index contributed by atoms with van der Waals surface area (Å²) in [5.74, 6) is 2.65. The first-order valence-corrected chi connectivity index (χ1v) is 7.69. The second-order valence-electron chi connectivity index (χ2n) is 5.67. The maximum absolute atomic E-state index is 6.13. The molecule has 0 saturated carbocycles. The first kappa shape index (κ1) is 15.0. The highest BCUT2D eigenvalue weighted by Gasteiger charge is 2.14. The Morgan fingerprint density at radius 3 is 2.55 bits per heavy atom. The Hall–Kier alpha value is -1.35. The minimum atomic E-state index is 0.397. The van der Waals surface area contributed by atoms with Crippen LogP contribution in [0, 0.1) is 11.8 Å². The van der Waals surface area contributed by atoms with Crippen LogP contribution in [0.25, 0.3) is 0 Å². The Labute approximate surface area is 126 Å². The van der Waals surface area contributed by atoms with E-state index in [2.05, 4.69) is 48.2 Å². The van der Waals surface area contributed by atoms with Gasteiger partial charge in [-0.2, -0.15) is 5.10 Å². The molecule has 0 spiro atoms. The van der Waals surface area contributed by atoms with E-state index in [0.717, 1.165) is 25.2 Å². The predicted octanol–water partition coefficient (Wildman–Crippen LogP) is 3.57. The normalized spacial score (nSPS) is 12.8. The minimum Gasteiger partial charge on any atom is -0.250 e. The van der Waals surface area contributed by atoms with Crippen LogP contribution in [-0.2, 0) is 19.4 Å². The first-order chi connectivity index (χ1) is 9.69. The van der Waals surface area contributed by atoms with E-state index in [9.17, 15) is 0 Å². The highest BCUT2D eigenvalue weighted by Crippen LogP contribution is 2.15. The lowest BCUT2D eigenvalue weighted by molar-refractivity contribution is 0.448. The summed E-state index contributed by atoms with van der Waals surface area (Å²) in [4.78, 5) is 4.39. The maximum Gasteiger partial charge on any atom is 0.138 e. The number of alkyl halides is 1. The molecular weight excluding hydrogens is 270 g/mol. The fourth-order valence-corrected chi connectivity index (χ4v) is 2.55. The average Bonchev–Trinajstić information content (AvgIpc) is 2.85. The fraction of sp³-hybridized carbons (Fsp3) is 0.500. The largest absolute Gasteiger partial charge is 0.250 e. The predicted molar refractivity (Wildman–Crippen MR) is 82.9 cm³/mol. The number of hydrogen-bond donors (Lipinski definition) is 0. The van der Waals surface area contributed by atoms with E-state index >= 15 is 0 Å². The molecule has 4 heteroatoms. The molecule has 0 N–H and O–H groups in total. The molecule has 0 saturated heterocycles. The van der Waals surface area contributed by atoms with Gasteiger partial charge in [0, 0.05) is 18.8 Å². The maximum atomic E-state index is 6.13. The molecule has 3 nitrogen and oxygen atoms in total. The monoisotopic (exact) mass is 291 g/mol. The lowest BCUT2D eigenvalue weighted by Crippen LogP contribution is -2.16. The summed E-state index contributed by atoms with van der Waals surface area (Å²) < 4.78 is 2.01. The van der Waals surface area contributed by atoms with Crippen LogP contribution in [0.15, 0.2) is 36.7 Å². The summed E-state index contributed by atoms with van der Waals surface area (Å²) in [6, 6.07) is 10.5. The van der Waals surface area contributed by atoms with Crippen molar-refractivity contribution >= 4 is 11.6 Å². The number of hydrogen-bond acceptors (Lipinski definition) is 2. The van der Waals surface area contributed by atoms with Gasteiger partial charge in [-0.3, -0.25) is 0 Å². The molecule has 1 atom stereocenters. The molecule has 2 aromatic rings. The average molecular weight is 292 g/mol. The van der Waals surface area contributed by atoms with Crippen LogP contribution in [0.2, 0.25) is 0 Å². The molecule has 0 bridgehead atoms. The Morgan fingerprint density at radius 1 is 1.15 bits per heavy atom. The molecule has 0 amide bonds. The van der Waals surface area contributed by atoms with Gasteiger partial charge in [0.15, 0.2) is 0 Å². The fourth-order valence-electron chi connectivity index (χ4n) is 2.33. The van der Waals surface area contributed by atoms with Gasteiger partial charge in [0.1, 0.15) is 12.2 Å². The number of benzene rings is 1. The summed E-state index contributed by atoms with van der Waals surface area (Å²) in [6.45, 7) is 5.29. The van der Waals surface area contributed by atoms with Crippen molar-refractivity contribution < 1.29 is 0 Å². The van der Waals surface area contributed by atoms with Crippen LogP contribution in [0.5, 0.6) is 0 Å². The van der Waals surface area contributed by atoms with Gasteiger partial charge in [0.25, 0.3) is 0 Å². The molecule has 1 aromatic carbocycles. The van der Waals surface area contributed by atoms with Crippen LogP contribution < -0.4 is 0 Å². The summed E-state index contributed by atoms with van der Waals surface area (Å²) in [6.07, 6.45) is 3.51. The topological polar surface area (TPSA) is 30.7 Å². The van der Waals surface area contributed by atoms with Crippen molar-refractivity contribution in [3.05, 3.63) is 48.0 Å². The van der Waals surface area contributed by atoms with Gasteiger partial charge in [-0.15, -0.1) is 11.6 Å². The summed E-state index contributed by atoms with van der Waals surface area (Å²) in [7, 11) is 0. The van der Waals surface area contributed by atoms with E-state index in [0.29, 0.717) is 17.7 Å². The third-order valence-electron chi connectivity index (χ3n) is 3.29. The SMILES string of the molecule is CC(C)Cn1ncnc1CC(CCl)Cc1ccccc1. The lowest BCUT2D eigenvalue weighted by atomic mass is 9.97. The zero-order chi connectivity index (χ0) is 14.4. The van der Waals surface area contributed by atoms with Crippen molar-refractivity contribution in [2.24, 2.45) is 11.8 Å². The summed E-state index contributed by atoms with van der Waals surface area (Å²) >= 11 is 6.13. The van der Waals surface area contributed by atoms with E-state index in [4.69, 9.17) is 11.6 Å². The second-order valence-corrected chi connectivity index (χ2v) is 5.98. The molecule has 108 valence electrons. The van der Waals surface area contributed by atoms with Gasteiger partial charge in [0.05, 0.1) is 0 Å². The van der Waals surface area contributed by atoms with Crippen molar-refractivity contribution in [1.29, 1.82) is 0 Å². The zero-order valence-corrected chi connectivity index (χ0v) is 12.9. The number of nitrogens with zero attached hydrogens (tertiary/aromatic N) is 3. The quantitative estimate of drug-likeness (QED) is 0.730. The van der Waals surface area contributed by atoms with E-state index in [1.807, 2.05) is 10.7 Å². The number of rotatable bonds is 7. The van der Waals surface area contributed by atoms with E-state index in [1.165, 1.54) is 5.56 Å². The Kier molecular flexibility index (Phi) is 5.60. The van der Waals surface area contributed by atoms with Crippen LogP contribution in [0.3, 0.4) is 0 Å². The zero-order valence-electron chi connectivity index (χ0n) is 12.2. The Morgan fingerprint density at radius 2 is 1.90 bits per heavy atom. The van der Waals surface area contributed by atoms with Gasteiger partial charge < -0.3 is 0 Å². The van der Waals surface area contributed by atoms with Crippen LogP contribution in [0.4, 0.5) is 0 Å². The van der Waals surface area contributed by atoms with Gasteiger partial charge in [-0.1, -0.05) is 44.2 Å².